The van der Waals surface area contributed by atoms with Crippen molar-refractivity contribution in [3.05, 3.63) is 29.8 Å². The Morgan fingerprint density at radius 2 is 2.00 bits per heavy atom. The van der Waals surface area contributed by atoms with E-state index < -0.39 is 6.04 Å². The van der Waals surface area contributed by atoms with E-state index in [4.69, 9.17) is 9.47 Å². The molecule has 1 aromatic rings. The van der Waals surface area contributed by atoms with Gasteiger partial charge in [-0.15, -0.1) is 0 Å². The number of rotatable bonds is 5. The Balaban J connectivity index is 2.82. The minimum atomic E-state index is -0.425. The molecular weight excluding hydrogens is 206 g/mol. The van der Waals surface area contributed by atoms with E-state index in [1.54, 1.807) is 21.1 Å². The molecule has 0 aliphatic carbocycles. The Hall–Kier alpha value is -1.55. The number of nitrogens with one attached hydrogen (secondary N) is 1. The second kappa shape index (κ2) is 6.12. The molecule has 0 aromatic heterocycles. The third kappa shape index (κ3) is 2.97. The lowest BCUT2D eigenvalue weighted by Gasteiger charge is -2.15. The standard InChI is InChI=1S/C12H17NO3/c1-4-16-12(14)11(13-2)9-5-7-10(15-3)8-6-9/h5-8,11,13H,4H2,1-3H3. The molecule has 4 nitrogen and oxygen atoms in total. The predicted octanol–water partition coefficient (Wildman–Crippen LogP) is 1.52. The summed E-state index contributed by atoms with van der Waals surface area (Å²) in [7, 11) is 3.34. The SMILES string of the molecule is CCOC(=O)C(NC)c1ccc(OC)cc1. The van der Waals surface area contributed by atoms with Gasteiger partial charge in [-0.3, -0.25) is 0 Å². The highest BCUT2D eigenvalue weighted by Gasteiger charge is 2.19. The zero-order valence-electron chi connectivity index (χ0n) is 9.82. The Bertz CT molecular complexity index is 335. The van der Waals surface area contributed by atoms with Crippen LogP contribution in [0.3, 0.4) is 0 Å². The van der Waals surface area contributed by atoms with Gasteiger partial charge in [0.1, 0.15) is 11.8 Å². The average molecular weight is 223 g/mol. The van der Waals surface area contributed by atoms with E-state index in [-0.39, 0.29) is 5.97 Å². The molecule has 1 unspecified atom stereocenters. The van der Waals surface area contributed by atoms with Crippen LogP contribution < -0.4 is 10.1 Å². The molecule has 0 heterocycles. The Morgan fingerprint density at radius 1 is 1.38 bits per heavy atom. The summed E-state index contributed by atoms with van der Waals surface area (Å²) in [5, 5.41) is 2.93. The molecule has 1 aromatic carbocycles. The minimum Gasteiger partial charge on any atom is -0.497 e. The van der Waals surface area contributed by atoms with E-state index >= 15 is 0 Å². The second-order valence-electron chi connectivity index (χ2n) is 3.25. The lowest BCUT2D eigenvalue weighted by atomic mass is 10.1. The van der Waals surface area contributed by atoms with Crippen molar-refractivity contribution in [2.45, 2.75) is 13.0 Å². The van der Waals surface area contributed by atoms with Gasteiger partial charge in [0.15, 0.2) is 0 Å². The van der Waals surface area contributed by atoms with Crippen molar-refractivity contribution >= 4 is 5.97 Å². The zero-order chi connectivity index (χ0) is 12.0. The zero-order valence-corrected chi connectivity index (χ0v) is 9.82. The number of carbonyl (C=O) groups excluding carboxylic acids is 1. The maximum Gasteiger partial charge on any atom is 0.327 e. The molecule has 0 saturated heterocycles. The second-order valence-corrected chi connectivity index (χ2v) is 3.25. The van der Waals surface area contributed by atoms with Crippen molar-refractivity contribution < 1.29 is 14.3 Å². The van der Waals surface area contributed by atoms with Crippen LogP contribution in [0.5, 0.6) is 5.75 Å². The van der Waals surface area contributed by atoms with Crippen LogP contribution in [0.25, 0.3) is 0 Å². The number of esters is 1. The number of methoxy groups -OCH3 is 1. The van der Waals surface area contributed by atoms with E-state index in [2.05, 4.69) is 5.32 Å². The molecule has 0 spiro atoms. The van der Waals surface area contributed by atoms with Gasteiger partial charge in [0.05, 0.1) is 13.7 Å². The van der Waals surface area contributed by atoms with E-state index in [9.17, 15) is 4.79 Å². The third-order valence-electron chi connectivity index (χ3n) is 2.26. The van der Waals surface area contributed by atoms with E-state index in [0.29, 0.717) is 6.61 Å². The topological polar surface area (TPSA) is 47.6 Å². The molecule has 0 aliphatic heterocycles. The van der Waals surface area contributed by atoms with Crippen LogP contribution in [0.2, 0.25) is 0 Å². The summed E-state index contributed by atoms with van der Waals surface area (Å²) in [6.07, 6.45) is 0. The summed E-state index contributed by atoms with van der Waals surface area (Å²) in [6, 6.07) is 6.90. The number of benzene rings is 1. The fraction of sp³-hybridized carbons (Fsp3) is 0.417. The quantitative estimate of drug-likeness (QED) is 0.769. The van der Waals surface area contributed by atoms with Crippen molar-refractivity contribution in [1.29, 1.82) is 0 Å². The molecule has 0 saturated carbocycles. The molecule has 1 atom stereocenters. The van der Waals surface area contributed by atoms with Crippen molar-refractivity contribution in [3.63, 3.8) is 0 Å². The van der Waals surface area contributed by atoms with E-state index in [1.807, 2.05) is 24.3 Å². The Labute approximate surface area is 95.6 Å². The number of hydrogen-bond donors (Lipinski definition) is 1. The Morgan fingerprint density at radius 3 is 2.44 bits per heavy atom. The molecule has 0 fully saturated rings. The van der Waals surface area contributed by atoms with Crippen molar-refractivity contribution in [2.75, 3.05) is 20.8 Å². The van der Waals surface area contributed by atoms with Gasteiger partial charge in [-0.25, -0.2) is 4.79 Å². The van der Waals surface area contributed by atoms with Crippen LogP contribution in [-0.4, -0.2) is 26.7 Å². The monoisotopic (exact) mass is 223 g/mol. The van der Waals surface area contributed by atoms with Gasteiger partial charge in [0, 0.05) is 0 Å². The van der Waals surface area contributed by atoms with Crippen LogP contribution in [0.15, 0.2) is 24.3 Å². The molecular formula is C12H17NO3. The lowest BCUT2D eigenvalue weighted by molar-refractivity contribution is -0.145. The highest BCUT2D eigenvalue weighted by atomic mass is 16.5. The molecule has 88 valence electrons. The lowest BCUT2D eigenvalue weighted by Crippen LogP contribution is -2.27. The van der Waals surface area contributed by atoms with Crippen LogP contribution in [-0.2, 0) is 9.53 Å². The van der Waals surface area contributed by atoms with Gasteiger partial charge >= 0.3 is 5.97 Å². The first-order valence-electron chi connectivity index (χ1n) is 5.20. The molecule has 1 rings (SSSR count). The fourth-order valence-corrected chi connectivity index (χ4v) is 1.44. The fourth-order valence-electron chi connectivity index (χ4n) is 1.44. The van der Waals surface area contributed by atoms with Gasteiger partial charge in [-0.1, -0.05) is 12.1 Å². The summed E-state index contributed by atoms with van der Waals surface area (Å²) in [6.45, 7) is 2.17. The molecule has 4 heteroatoms. The number of likely N-dealkylation sites (N-methyl/N-ethyl adjacent to an activating group) is 1. The van der Waals surface area contributed by atoms with Crippen molar-refractivity contribution in [2.24, 2.45) is 0 Å². The largest absolute Gasteiger partial charge is 0.497 e. The van der Waals surface area contributed by atoms with Gasteiger partial charge < -0.3 is 14.8 Å². The first-order valence-corrected chi connectivity index (χ1v) is 5.20. The summed E-state index contributed by atoms with van der Waals surface area (Å²) in [4.78, 5) is 11.6. The van der Waals surface area contributed by atoms with Crippen LogP contribution in [0.4, 0.5) is 0 Å². The smallest absolute Gasteiger partial charge is 0.327 e. The normalized spacial score (nSPS) is 11.9. The number of carbonyl (C=O) groups is 1. The average Bonchev–Trinajstić information content (AvgIpc) is 2.31. The predicted molar refractivity (Wildman–Crippen MR) is 61.4 cm³/mol. The summed E-state index contributed by atoms with van der Waals surface area (Å²) >= 11 is 0. The maximum atomic E-state index is 11.6. The highest BCUT2D eigenvalue weighted by molar-refractivity contribution is 5.77. The van der Waals surface area contributed by atoms with E-state index in [1.165, 1.54) is 0 Å². The summed E-state index contributed by atoms with van der Waals surface area (Å²) in [5.74, 6) is 0.498. The first kappa shape index (κ1) is 12.5. The van der Waals surface area contributed by atoms with Gasteiger partial charge in [0.25, 0.3) is 0 Å². The first-order chi connectivity index (χ1) is 7.72. The molecule has 0 bridgehead atoms. The van der Waals surface area contributed by atoms with Crippen LogP contribution >= 0.6 is 0 Å². The molecule has 16 heavy (non-hydrogen) atoms. The maximum absolute atomic E-state index is 11.6. The Kier molecular flexibility index (Phi) is 4.79. The summed E-state index contributed by atoms with van der Waals surface area (Å²) in [5.41, 5.74) is 0.863. The van der Waals surface area contributed by atoms with E-state index in [0.717, 1.165) is 11.3 Å². The molecule has 1 N–H and O–H groups in total. The van der Waals surface area contributed by atoms with Gasteiger partial charge in [-0.05, 0) is 31.7 Å². The number of hydrogen-bond acceptors (Lipinski definition) is 4. The highest BCUT2D eigenvalue weighted by Crippen LogP contribution is 2.18. The minimum absolute atomic E-state index is 0.268. The number of ether oxygens (including phenoxy) is 2. The van der Waals surface area contributed by atoms with Gasteiger partial charge in [0.2, 0.25) is 0 Å². The molecule has 0 aliphatic rings. The van der Waals surface area contributed by atoms with Crippen LogP contribution in [0.1, 0.15) is 18.5 Å². The molecule has 0 radical (unpaired) electrons. The van der Waals surface area contributed by atoms with Gasteiger partial charge in [-0.2, -0.15) is 0 Å². The summed E-state index contributed by atoms with van der Waals surface area (Å²) < 4.78 is 10.0. The molecule has 0 amide bonds. The van der Waals surface area contributed by atoms with Crippen LogP contribution in [0, 0.1) is 0 Å². The van der Waals surface area contributed by atoms with Crippen molar-refractivity contribution in [1.82, 2.24) is 5.32 Å². The third-order valence-corrected chi connectivity index (χ3v) is 2.26. The van der Waals surface area contributed by atoms with Crippen molar-refractivity contribution in [3.8, 4) is 5.75 Å².